The van der Waals surface area contributed by atoms with Crippen LogP contribution in [-0.2, 0) is 27.4 Å². The van der Waals surface area contributed by atoms with Gasteiger partial charge in [0.2, 0.25) is 10.9 Å². The van der Waals surface area contributed by atoms with Crippen LogP contribution < -0.4 is 10.9 Å². The molecule has 0 saturated heterocycles. The van der Waals surface area contributed by atoms with Gasteiger partial charge in [0.05, 0.1) is 17.0 Å². The van der Waals surface area contributed by atoms with Crippen LogP contribution in [0.15, 0.2) is 28.4 Å². The van der Waals surface area contributed by atoms with Crippen LogP contribution in [0.5, 0.6) is 0 Å². The van der Waals surface area contributed by atoms with Crippen LogP contribution in [0, 0.1) is 0 Å². The maximum absolute atomic E-state index is 12.1. The van der Waals surface area contributed by atoms with Gasteiger partial charge in [-0.15, -0.1) is 11.3 Å². The van der Waals surface area contributed by atoms with Crippen LogP contribution in [0.25, 0.3) is 4.96 Å². The summed E-state index contributed by atoms with van der Waals surface area (Å²) in [6.45, 7) is 1.91. The fourth-order valence-corrected chi connectivity index (χ4v) is 4.07. The zero-order valence-electron chi connectivity index (χ0n) is 16.3. The molecule has 3 aromatic rings. The minimum absolute atomic E-state index is 0.0215. The average Bonchev–Trinajstić information content (AvgIpc) is 3.40. The molecule has 1 N–H and O–H groups in total. The van der Waals surface area contributed by atoms with Crippen LogP contribution in [-0.4, -0.2) is 38.8 Å². The Morgan fingerprint density at radius 3 is 2.80 bits per heavy atom. The van der Waals surface area contributed by atoms with Crippen LogP contribution in [0.2, 0.25) is 0 Å². The first-order valence-electron chi connectivity index (χ1n) is 9.34. The van der Waals surface area contributed by atoms with Crippen molar-refractivity contribution in [3.8, 4) is 0 Å². The van der Waals surface area contributed by atoms with Crippen molar-refractivity contribution in [2.45, 2.75) is 39.2 Å². The summed E-state index contributed by atoms with van der Waals surface area (Å²) < 4.78 is 6.35. The molecule has 0 atom stereocenters. The molecular weight excluding hydrogens is 428 g/mol. The van der Waals surface area contributed by atoms with Crippen molar-refractivity contribution in [1.82, 2.24) is 19.9 Å². The fourth-order valence-electron chi connectivity index (χ4n) is 2.52. The molecule has 0 saturated carbocycles. The van der Waals surface area contributed by atoms with Gasteiger partial charge in [0.25, 0.3) is 5.56 Å². The van der Waals surface area contributed by atoms with E-state index in [2.05, 4.69) is 15.4 Å². The predicted octanol–water partition coefficient (Wildman–Crippen LogP) is 1.99. The van der Waals surface area contributed by atoms with E-state index in [0.29, 0.717) is 22.0 Å². The molecule has 0 bridgehead atoms. The van der Waals surface area contributed by atoms with Gasteiger partial charge >= 0.3 is 5.97 Å². The first-order chi connectivity index (χ1) is 14.5. The number of aromatic nitrogens is 3. The monoisotopic (exact) mass is 448 g/mol. The van der Waals surface area contributed by atoms with Crippen LogP contribution >= 0.6 is 22.7 Å². The Hall–Kier alpha value is -2.92. The Labute approximate surface area is 179 Å². The Morgan fingerprint density at radius 1 is 1.23 bits per heavy atom. The number of aryl methyl sites for hydroxylation is 1. The Bertz CT molecular complexity index is 1100. The van der Waals surface area contributed by atoms with E-state index in [4.69, 9.17) is 4.74 Å². The number of carbonyl (C=O) groups excluding carboxylic acids is 3. The number of esters is 1. The number of hydrogen-bond donors (Lipinski definition) is 1. The molecular formula is C19H20N4O5S2. The van der Waals surface area contributed by atoms with E-state index in [1.807, 2.05) is 12.3 Å². The molecule has 0 aliphatic rings. The molecule has 0 fully saturated rings. The highest BCUT2D eigenvalue weighted by atomic mass is 32.1. The van der Waals surface area contributed by atoms with Crippen LogP contribution in [0.1, 0.15) is 46.6 Å². The van der Waals surface area contributed by atoms with Gasteiger partial charge in [-0.25, -0.2) is 4.98 Å². The molecule has 3 aromatic heterocycles. The Balaban J connectivity index is 1.38. The number of carbonyl (C=O) groups is 3. The Morgan fingerprint density at radius 2 is 2.07 bits per heavy atom. The highest BCUT2D eigenvalue weighted by Gasteiger charge is 2.12. The first-order valence-corrected chi connectivity index (χ1v) is 11.0. The SMILES string of the molecule is CCc1nn2c(=O)cc(COC(=O)CCNC(=O)CCC(=O)c3cccs3)nc2s1. The summed E-state index contributed by atoms with van der Waals surface area (Å²) >= 11 is 2.65. The smallest absolute Gasteiger partial charge is 0.307 e. The molecule has 158 valence electrons. The van der Waals surface area contributed by atoms with Gasteiger partial charge in [0.1, 0.15) is 11.6 Å². The number of thiophene rings is 1. The quantitative estimate of drug-likeness (QED) is 0.372. The van der Waals surface area contributed by atoms with E-state index < -0.39 is 5.97 Å². The van der Waals surface area contributed by atoms with Crippen molar-refractivity contribution in [3.05, 3.63) is 49.5 Å². The maximum atomic E-state index is 12.1. The molecule has 0 radical (unpaired) electrons. The lowest BCUT2D eigenvalue weighted by atomic mass is 10.2. The average molecular weight is 449 g/mol. The minimum atomic E-state index is -0.523. The summed E-state index contributed by atoms with van der Waals surface area (Å²) in [5.41, 5.74) is 0.0159. The lowest BCUT2D eigenvalue weighted by molar-refractivity contribution is -0.145. The predicted molar refractivity (Wildman–Crippen MR) is 112 cm³/mol. The normalized spacial score (nSPS) is 10.8. The van der Waals surface area contributed by atoms with Gasteiger partial charge in [-0.3, -0.25) is 19.2 Å². The number of amides is 1. The summed E-state index contributed by atoms with van der Waals surface area (Å²) in [7, 11) is 0. The number of rotatable bonds is 10. The molecule has 0 unspecified atom stereocenters. The summed E-state index contributed by atoms with van der Waals surface area (Å²) in [4.78, 5) is 53.0. The second kappa shape index (κ2) is 10.2. The van der Waals surface area contributed by atoms with Crippen molar-refractivity contribution in [2.75, 3.05) is 6.54 Å². The van der Waals surface area contributed by atoms with Gasteiger partial charge in [0, 0.05) is 25.5 Å². The molecule has 0 spiro atoms. The number of hydrogen-bond acceptors (Lipinski definition) is 9. The van der Waals surface area contributed by atoms with E-state index >= 15 is 0 Å². The highest BCUT2D eigenvalue weighted by Crippen LogP contribution is 2.13. The topological polar surface area (TPSA) is 120 Å². The third kappa shape index (κ3) is 5.80. The summed E-state index contributed by atoms with van der Waals surface area (Å²) in [6.07, 6.45) is 0.865. The number of fused-ring (bicyclic) bond motifs is 1. The summed E-state index contributed by atoms with van der Waals surface area (Å²) in [5.74, 6) is -0.901. The van der Waals surface area contributed by atoms with Crippen molar-refractivity contribution in [2.24, 2.45) is 0 Å². The number of nitrogens with zero attached hydrogens (tertiary/aromatic N) is 3. The molecule has 0 aromatic carbocycles. The second-order valence-electron chi connectivity index (χ2n) is 6.29. The highest BCUT2D eigenvalue weighted by molar-refractivity contribution is 7.16. The molecule has 11 heteroatoms. The van der Waals surface area contributed by atoms with Gasteiger partial charge < -0.3 is 10.1 Å². The van der Waals surface area contributed by atoms with Gasteiger partial charge in [0.15, 0.2) is 5.78 Å². The van der Waals surface area contributed by atoms with Crippen molar-refractivity contribution in [1.29, 1.82) is 0 Å². The lowest BCUT2D eigenvalue weighted by Gasteiger charge is -2.06. The summed E-state index contributed by atoms with van der Waals surface area (Å²) in [5, 5.41) is 9.35. The zero-order valence-corrected chi connectivity index (χ0v) is 17.9. The zero-order chi connectivity index (χ0) is 21.5. The van der Waals surface area contributed by atoms with Crippen molar-refractivity contribution >= 4 is 45.3 Å². The first kappa shape index (κ1) is 21.8. The Kier molecular flexibility index (Phi) is 7.41. The van der Waals surface area contributed by atoms with Gasteiger partial charge in [-0.1, -0.05) is 24.3 Å². The fraction of sp³-hybridized carbons (Fsp3) is 0.368. The van der Waals surface area contributed by atoms with E-state index in [0.717, 1.165) is 5.01 Å². The number of nitrogens with one attached hydrogen (secondary N) is 1. The number of Topliss-reactive ketones (excluding diaryl/α,β-unsaturated/α-hetero) is 1. The molecule has 0 aliphatic heterocycles. The molecule has 0 aliphatic carbocycles. The lowest BCUT2D eigenvalue weighted by Crippen LogP contribution is -2.26. The van der Waals surface area contributed by atoms with E-state index in [1.54, 1.807) is 12.1 Å². The molecule has 3 heterocycles. The molecule has 3 rings (SSSR count). The van der Waals surface area contributed by atoms with Gasteiger partial charge in [-0.05, 0) is 17.9 Å². The van der Waals surface area contributed by atoms with Crippen molar-refractivity contribution in [3.63, 3.8) is 0 Å². The number of ketones is 1. The van der Waals surface area contributed by atoms with E-state index in [9.17, 15) is 19.2 Å². The van der Waals surface area contributed by atoms with Crippen molar-refractivity contribution < 1.29 is 19.1 Å². The van der Waals surface area contributed by atoms with Crippen LogP contribution in [0.4, 0.5) is 0 Å². The number of ether oxygens (including phenoxy) is 1. The molecule has 30 heavy (non-hydrogen) atoms. The standard InChI is InChI=1S/C19H20N4O5S2/c1-2-16-22-23-17(26)10-12(21-19(23)30-16)11-28-18(27)7-8-20-15(25)6-5-13(24)14-4-3-9-29-14/h3-4,9-10H,2,5-8,11H2,1H3,(H,20,25). The molecule has 1 amide bonds. The largest absolute Gasteiger partial charge is 0.459 e. The minimum Gasteiger partial charge on any atom is -0.459 e. The third-order valence-corrected chi connectivity index (χ3v) is 6.01. The van der Waals surface area contributed by atoms with Gasteiger partial charge in [-0.2, -0.15) is 9.61 Å². The van der Waals surface area contributed by atoms with Crippen LogP contribution in [0.3, 0.4) is 0 Å². The van der Waals surface area contributed by atoms with E-state index in [-0.39, 0.29) is 49.7 Å². The maximum Gasteiger partial charge on any atom is 0.307 e. The molecule has 9 nitrogen and oxygen atoms in total. The third-order valence-electron chi connectivity index (χ3n) is 4.05. The second-order valence-corrected chi connectivity index (χ2v) is 8.28. The van der Waals surface area contributed by atoms with E-state index in [1.165, 1.54) is 33.3 Å². The summed E-state index contributed by atoms with van der Waals surface area (Å²) in [6, 6.07) is 4.79.